The molecule has 1 fully saturated rings. The van der Waals surface area contributed by atoms with Gasteiger partial charge in [0.25, 0.3) is 0 Å². The number of hydrogen-bond donors (Lipinski definition) is 0. The van der Waals surface area contributed by atoms with Gasteiger partial charge in [-0.25, -0.2) is 0 Å². The first kappa shape index (κ1) is 15.5. The van der Waals surface area contributed by atoms with Crippen molar-refractivity contribution >= 4 is 14.1 Å². The van der Waals surface area contributed by atoms with Crippen LogP contribution in [0.4, 0.5) is 0 Å². The summed E-state index contributed by atoms with van der Waals surface area (Å²) in [4.78, 5) is 11.9. The van der Waals surface area contributed by atoms with Crippen molar-refractivity contribution < 1.29 is 9.22 Å². The maximum absolute atomic E-state index is 11.9. The first-order valence-electron chi connectivity index (χ1n) is 6.85. The number of ketones is 1. The number of Topliss-reactive ketones (excluding diaryl/α,β-unsaturated/α-hetero) is 1. The maximum atomic E-state index is 11.9. The molecule has 0 amide bonds. The van der Waals surface area contributed by atoms with Gasteiger partial charge in [-0.1, -0.05) is 34.6 Å². The summed E-state index contributed by atoms with van der Waals surface area (Å²) in [5.74, 6) is 0.271. The van der Waals surface area contributed by atoms with Crippen LogP contribution in [-0.2, 0) is 9.22 Å². The van der Waals surface area contributed by atoms with Crippen LogP contribution in [0.5, 0.6) is 0 Å². The second kappa shape index (κ2) is 4.84. The first-order valence-corrected chi connectivity index (χ1v) is 9.76. The van der Waals surface area contributed by atoms with Crippen LogP contribution in [0.15, 0.2) is 11.8 Å². The molecule has 3 heteroatoms. The van der Waals surface area contributed by atoms with Crippen LogP contribution in [0.3, 0.4) is 0 Å². The minimum Gasteiger partial charge on any atom is -0.549 e. The summed E-state index contributed by atoms with van der Waals surface area (Å²) < 4.78 is 6.05. The van der Waals surface area contributed by atoms with Crippen LogP contribution in [0.2, 0.25) is 18.1 Å². The second-order valence-corrected chi connectivity index (χ2v) is 12.5. The van der Waals surface area contributed by atoms with Gasteiger partial charge in [-0.3, -0.25) is 4.79 Å². The molecule has 1 aliphatic carbocycles. The zero-order chi connectivity index (χ0) is 14.2. The Balaban J connectivity index is 2.81. The summed E-state index contributed by atoms with van der Waals surface area (Å²) in [5.41, 5.74) is 1.12. The van der Waals surface area contributed by atoms with Crippen LogP contribution in [0.1, 0.15) is 53.9 Å². The minimum atomic E-state index is -1.79. The zero-order valence-corrected chi connectivity index (χ0v) is 14.0. The van der Waals surface area contributed by atoms with E-state index in [2.05, 4.69) is 47.7 Å². The fourth-order valence-electron chi connectivity index (χ4n) is 1.82. The molecule has 1 rings (SSSR count). The van der Waals surface area contributed by atoms with E-state index in [9.17, 15) is 4.79 Å². The van der Waals surface area contributed by atoms with Crippen LogP contribution in [0.25, 0.3) is 0 Å². The highest BCUT2D eigenvalue weighted by Crippen LogP contribution is 2.39. The fraction of sp³-hybridized carbons (Fsp3) is 0.800. The number of allylic oxidation sites excluding steroid dienone is 1. The van der Waals surface area contributed by atoms with Crippen molar-refractivity contribution in [3.63, 3.8) is 0 Å². The standard InChI is InChI=1S/C15H28O2Si/c1-14(2,3)18(6,7)17-11-12-10-15(4,5)9-8-13(12)16/h11H,8-10H2,1-7H3/b12-11+. The molecule has 0 heterocycles. The Morgan fingerprint density at radius 3 is 2.33 bits per heavy atom. The summed E-state index contributed by atoms with van der Waals surface area (Å²) in [6.07, 6.45) is 4.28. The summed E-state index contributed by atoms with van der Waals surface area (Å²) in [5, 5.41) is 0.178. The molecule has 1 aliphatic rings. The molecule has 0 aromatic rings. The molecule has 0 saturated heterocycles. The third-order valence-corrected chi connectivity index (χ3v) is 8.68. The van der Waals surface area contributed by atoms with Crippen molar-refractivity contribution in [2.75, 3.05) is 0 Å². The number of hydrogen-bond acceptors (Lipinski definition) is 2. The van der Waals surface area contributed by atoms with E-state index < -0.39 is 8.32 Å². The third-order valence-electron chi connectivity index (χ3n) is 4.36. The Kier molecular flexibility index (Phi) is 4.16. The van der Waals surface area contributed by atoms with Crippen molar-refractivity contribution in [3.05, 3.63) is 11.8 Å². The number of carbonyl (C=O) groups is 1. The Labute approximate surface area is 113 Å². The lowest BCUT2D eigenvalue weighted by Gasteiger charge is -2.36. The van der Waals surface area contributed by atoms with Gasteiger partial charge in [0, 0.05) is 12.0 Å². The van der Waals surface area contributed by atoms with Crippen molar-refractivity contribution in [2.45, 2.75) is 72.0 Å². The van der Waals surface area contributed by atoms with Crippen molar-refractivity contribution in [1.82, 2.24) is 0 Å². The molecule has 1 saturated carbocycles. The van der Waals surface area contributed by atoms with E-state index in [-0.39, 0.29) is 16.2 Å². The highest BCUT2D eigenvalue weighted by atomic mass is 28.4. The molecule has 0 aromatic heterocycles. The Morgan fingerprint density at radius 1 is 1.28 bits per heavy atom. The predicted molar refractivity (Wildman–Crippen MR) is 79.0 cm³/mol. The summed E-state index contributed by atoms with van der Waals surface area (Å²) >= 11 is 0. The molecule has 0 aromatic carbocycles. The van der Waals surface area contributed by atoms with Crippen LogP contribution < -0.4 is 0 Å². The molecule has 0 N–H and O–H groups in total. The average molecular weight is 268 g/mol. The highest BCUT2D eigenvalue weighted by molar-refractivity contribution is 6.74. The molecule has 18 heavy (non-hydrogen) atoms. The lowest BCUT2D eigenvalue weighted by Crippen LogP contribution is -2.39. The highest BCUT2D eigenvalue weighted by Gasteiger charge is 2.38. The van der Waals surface area contributed by atoms with Gasteiger partial charge in [0.1, 0.15) is 0 Å². The van der Waals surface area contributed by atoms with Gasteiger partial charge in [-0.15, -0.1) is 0 Å². The number of carbonyl (C=O) groups excluding carboxylic acids is 1. The smallest absolute Gasteiger partial charge is 0.249 e. The summed E-state index contributed by atoms with van der Waals surface area (Å²) in [7, 11) is -1.79. The largest absolute Gasteiger partial charge is 0.549 e. The quantitative estimate of drug-likeness (QED) is 0.413. The van der Waals surface area contributed by atoms with Gasteiger partial charge in [-0.2, -0.15) is 0 Å². The Hall–Kier alpha value is -0.573. The molecule has 0 aliphatic heterocycles. The van der Waals surface area contributed by atoms with Gasteiger partial charge in [0.2, 0.25) is 8.32 Å². The summed E-state index contributed by atoms with van der Waals surface area (Å²) in [6.45, 7) is 15.5. The van der Waals surface area contributed by atoms with Crippen molar-refractivity contribution in [2.24, 2.45) is 5.41 Å². The van der Waals surface area contributed by atoms with E-state index in [1.807, 2.05) is 0 Å². The molecule has 104 valence electrons. The lowest BCUT2D eigenvalue weighted by atomic mass is 9.75. The van der Waals surface area contributed by atoms with Gasteiger partial charge in [-0.05, 0) is 36.4 Å². The first-order chi connectivity index (χ1) is 7.95. The Bertz CT molecular complexity index is 359. The maximum Gasteiger partial charge on any atom is 0.249 e. The van der Waals surface area contributed by atoms with Crippen molar-refractivity contribution in [3.8, 4) is 0 Å². The zero-order valence-electron chi connectivity index (χ0n) is 13.0. The van der Waals surface area contributed by atoms with Crippen LogP contribution >= 0.6 is 0 Å². The molecule has 0 atom stereocenters. The molecular formula is C15H28O2Si. The van der Waals surface area contributed by atoms with E-state index >= 15 is 0 Å². The van der Waals surface area contributed by atoms with E-state index in [0.717, 1.165) is 18.4 Å². The third kappa shape index (κ3) is 3.71. The average Bonchev–Trinajstić information content (AvgIpc) is 2.18. The van der Waals surface area contributed by atoms with Gasteiger partial charge >= 0.3 is 0 Å². The van der Waals surface area contributed by atoms with Gasteiger partial charge in [0.15, 0.2) is 5.78 Å². The molecule has 0 unspecified atom stereocenters. The molecule has 0 bridgehead atoms. The van der Waals surface area contributed by atoms with Crippen LogP contribution in [0, 0.1) is 5.41 Å². The summed E-state index contributed by atoms with van der Waals surface area (Å²) in [6, 6.07) is 0. The van der Waals surface area contributed by atoms with E-state index in [0.29, 0.717) is 6.42 Å². The van der Waals surface area contributed by atoms with Crippen molar-refractivity contribution in [1.29, 1.82) is 0 Å². The Morgan fingerprint density at radius 2 is 1.83 bits per heavy atom. The molecular weight excluding hydrogens is 240 g/mol. The second-order valence-electron chi connectivity index (χ2n) is 7.79. The molecule has 0 spiro atoms. The van der Waals surface area contributed by atoms with Crippen LogP contribution in [-0.4, -0.2) is 14.1 Å². The topological polar surface area (TPSA) is 26.3 Å². The normalized spacial score (nSPS) is 23.3. The van der Waals surface area contributed by atoms with E-state index in [4.69, 9.17) is 4.43 Å². The fourth-order valence-corrected chi connectivity index (χ4v) is 2.61. The molecule has 2 nitrogen and oxygen atoms in total. The van der Waals surface area contributed by atoms with E-state index in [1.165, 1.54) is 0 Å². The lowest BCUT2D eigenvalue weighted by molar-refractivity contribution is -0.117. The van der Waals surface area contributed by atoms with Gasteiger partial charge < -0.3 is 4.43 Å². The molecule has 0 radical (unpaired) electrons. The monoisotopic (exact) mass is 268 g/mol. The van der Waals surface area contributed by atoms with E-state index in [1.54, 1.807) is 6.26 Å². The minimum absolute atomic E-state index is 0.178. The SMILES string of the molecule is CC1(C)CCC(=O)/C(=C/O[Si](C)(C)C(C)(C)C)C1. The van der Waals surface area contributed by atoms with Gasteiger partial charge in [0.05, 0.1) is 6.26 Å². The number of rotatable bonds is 2. The predicted octanol–water partition coefficient (Wildman–Crippen LogP) is 4.67.